The van der Waals surface area contributed by atoms with Crippen LogP contribution >= 0.6 is 11.8 Å². The van der Waals surface area contributed by atoms with Crippen LogP contribution in [0, 0.1) is 0 Å². The van der Waals surface area contributed by atoms with Crippen molar-refractivity contribution in [2.45, 2.75) is 45.8 Å². The predicted octanol–water partition coefficient (Wildman–Crippen LogP) is 4.79. The Morgan fingerprint density at radius 2 is 1.93 bits per heavy atom. The first-order valence-corrected chi connectivity index (χ1v) is 9.20. The van der Waals surface area contributed by atoms with E-state index in [0.717, 1.165) is 11.5 Å². The molecule has 0 heterocycles. The fraction of sp³-hybridized carbons (Fsp3) is 0.667. The van der Waals surface area contributed by atoms with Crippen molar-refractivity contribution >= 4 is 20.1 Å². The van der Waals surface area contributed by atoms with Crippen molar-refractivity contribution in [1.82, 2.24) is 0 Å². The SMILES string of the molecule is C=C(C)/C=C/SCO[Si](C)(C)C(C)(C)C. The molecule has 0 saturated carbocycles. The zero-order valence-corrected chi connectivity index (χ0v) is 12.7. The van der Waals surface area contributed by atoms with Gasteiger partial charge in [0.1, 0.15) is 0 Å². The summed E-state index contributed by atoms with van der Waals surface area (Å²) in [4.78, 5) is 0. The van der Waals surface area contributed by atoms with Crippen molar-refractivity contribution in [2.24, 2.45) is 0 Å². The van der Waals surface area contributed by atoms with Gasteiger partial charge in [-0.15, -0.1) is 11.8 Å². The molecule has 15 heavy (non-hydrogen) atoms. The summed E-state index contributed by atoms with van der Waals surface area (Å²) in [5.74, 6) is 0.750. The average molecular weight is 244 g/mol. The molecule has 0 spiro atoms. The molecule has 0 saturated heterocycles. The molecule has 0 aromatic carbocycles. The summed E-state index contributed by atoms with van der Waals surface area (Å²) >= 11 is 1.70. The van der Waals surface area contributed by atoms with Gasteiger partial charge in [0, 0.05) is 0 Å². The second-order valence-corrected chi connectivity index (χ2v) is 11.0. The largest absolute Gasteiger partial charge is 0.407 e. The van der Waals surface area contributed by atoms with E-state index in [1.807, 2.05) is 13.0 Å². The topological polar surface area (TPSA) is 9.23 Å². The molecule has 0 rings (SSSR count). The fourth-order valence-electron chi connectivity index (χ4n) is 0.601. The lowest BCUT2D eigenvalue weighted by molar-refractivity contribution is 0.355. The minimum atomic E-state index is -1.56. The lowest BCUT2D eigenvalue weighted by Crippen LogP contribution is -2.40. The summed E-state index contributed by atoms with van der Waals surface area (Å²) < 4.78 is 6.00. The van der Waals surface area contributed by atoms with Crippen molar-refractivity contribution in [3.05, 3.63) is 23.6 Å². The number of hydrogen-bond acceptors (Lipinski definition) is 2. The highest BCUT2D eigenvalue weighted by Gasteiger charge is 2.36. The van der Waals surface area contributed by atoms with Gasteiger partial charge in [-0.25, -0.2) is 0 Å². The van der Waals surface area contributed by atoms with E-state index in [9.17, 15) is 0 Å². The van der Waals surface area contributed by atoms with Gasteiger partial charge in [0.15, 0.2) is 8.32 Å². The molecule has 3 heteroatoms. The van der Waals surface area contributed by atoms with E-state index in [2.05, 4.69) is 45.9 Å². The molecular formula is C12H24OSSi. The van der Waals surface area contributed by atoms with Crippen molar-refractivity contribution in [3.63, 3.8) is 0 Å². The molecule has 0 atom stereocenters. The van der Waals surface area contributed by atoms with Gasteiger partial charge >= 0.3 is 0 Å². The highest BCUT2D eigenvalue weighted by Crippen LogP contribution is 2.36. The van der Waals surface area contributed by atoms with Gasteiger partial charge < -0.3 is 4.43 Å². The molecule has 0 fully saturated rings. The van der Waals surface area contributed by atoms with Gasteiger partial charge in [0.2, 0.25) is 0 Å². The summed E-state index contributed by atoms with van der Waals surface area (Å²) in [5.41, 5.74) is 1.08. The third-order valence-electron chi connectivity index (χ3n) is 2.74. The van der Waals surface area contributed by atoms with Gasteiger partial charge in [-0.05, 0) is 30.5 Å². The van der Waals surface area contributed by atoms with Crippen LogP contribution in [0.1, 0.15) is 27.7 Å². The molecule has 0 aromatic rings. The fourth-order valence-corrected chi connectivity index (χ4v) is 2.89. The summed E-state index contributed by atoms with van der Waals surface area (Å²) in [7, 11) is -1.56. The van der Waals surface area contributed by atoms with E-state index in [0.29, 0.717) is 5.04 Å². The first-order valence-electron chi connectivity index (χ1n) is 5.24. The van der Waals surface area contributed by atoms with Crippen LogP contribution in [0.25, 0.3) is 0 Å². The zero-order chi connectivity index (χ0) is 12.1. The van der Waals surface area contributed by atoms with E-state index in [4.69, 9.17) is 4.43 Å². The number of allylic oxidation sites excluding steroid dienone is 2. The van der Waals surface area contributed by atoms with Crippen LogP contribution in [0.4, 0.5) is 0 Å². The summed E-state index contributed by atoms with van der Waals surface area (Å²) in [6.45, 7) is 17.1. The van der Waals surface area contributed by atoms with Crippen LogP contribution in [-0.4, -0.2) is 14.3 Å². The molecule has 0 aliphatic rings. The summed E-state index contributed by atoms with van der Waals surface area (Å²) in [6.07, 6.45) is 2.01. The van der Waals surface area contributed by atoms with Gasteiger partial charge in [0.05, 0.1) is 5.94 Å². The van der Waals surface area contributed by atoms with Crippen molar-refractivity contribution < 1.29 is 4.43 Å². The Labute approximate surface area is 100 Å². The van der Waals surface area contributed by atoms with Gasteiger partial charge in [-0.2, -0.15) is 0 Å². The molecule has 0 aliphatic carbocycles. The lowest BCUT2D eigenvalue weighted by Gasteiger charge is -2.35. The normalized spacial score (nSPS) is 13.5. The monoisotopic (exact) mass is 244 g/mol. The van der Waals surface area contributed by atoms with Crippen LogP contribution in [0.2, 0.25) is 18.1 Å². The first kappa shape index (κ1) is 15.0. The summed E-state index contributed by atoms with van der Waals surface area (Å²) in [6, 6.07) is 0. The van der Waals surface area contributed by atoms with E-state index in [-0.39, 0.29) is 0 Å². The van der Waals surface area contributed by atoms with Gasteiger partial charge in [0.25, 0.3) is 0 Å². The van der Waals surface area contributed by atoms with Crippen LogP contribution in [-0.2, 0) is 4.43 Å². The average Bonchev–Trinajstić information content (AvgIpc) is 2.00. The van der Waals surface area contributed by atoms with Gasteiger partial charge in [-0.3, -0.25) is 0 Å². The quantitative estimate of drug-likeness (QED) is 0.298. The standard InChI is InChI=1S/C12H24OSSi/c1-11(2)8-9-14-10-13-15(6,7)12(3,4)5/h8-9H,1,10H2,2-7H3/b9-8+. The Balaban J connectivity index is 3.91. The lowest BCUT2D eigenvalue weighted by atomic mass is 10.2. The maximum Gasteiger partial charge on any atom is 0.193 e. The number of hydrogen-bond donors (Lipinski definition) is 0. The third-order valence-corrected chi connectivity index (χ3v) is 8.01. The number of thioether (sulfide) groups is 1. The smallest absolute Gasteiger partial charge is 0.193 e. The Bertz CT molecular complexity index is 238. The Morgan fingerprint density at radius 1 is 1.40 bits per heavy atom. The van der Waals surface area contributed by atoms with E-state index < -0.39 is 8.32 Å². The second-order valence-electron chi connectivity index (χ2n) is 5.34. The zero-order valence-electron chi connectivity index (χ0n) is 10.9. The van der Waals surface area contributed by atoms with Crippen LogP contribution in [0.15, 0.2) is 23.6 Å². The predicted molar refractivity (Wildman–Crippen MR) is 74.7 cm³/mol. The van der Waals surface area contributed by atoms with E-state index >= 15 is 0 Å². The molecule has 0 radical (unpaired) electrons. The van der Waals surface area contributed by atoms with Crippen molar-refractivity contribution in [3.8, 4) is 0 Å². The number of rotatable bonds is 5. The first-order chi connectivity index (χ1) is 6.67. The molecule has 0 aliphatic heterocycles. The molecule has 0 bridgehead atoms. The molecule has 88 valence electrons. The maximum absolute atomic E-state index is 6.00. The molecule has 1 nitrogen and oxygen atoms in total. The maximum atomic E-state index is 6.00. The minimum Gasteiger partial charge on any atom is -0.407 e. The molecule has 0 N–H and O–H groups in total. The van der Waals surface area contributed by atoms with Crippen LogP contribution in [0.5, 0.6) is 0 Å². The van der Waals surface area contributed by atoms with Crippen LogP contribution in [0.3, 0.4) is 0 Å². The highest BCUT2D eigenvalue weighted by atomic mass is 32.2. The minimum absolute atomic E-state index is 0.297. The molecule has 0 unspecified atom stereocenters. The second kappa shape index (κ2) is 5.92. The van der Waals surface area contributed by atoms with E-state index in [1.165, 1.54) is 0 Å². The highest BCUT2D eigenvalue weighted by molar-refractivity contribution is 8.02. The molecule has 0 aromatic heterocycles. The van der Waals surface area contributed by atoms with Crippen molar-refractivity contribution in [1.29, 1.82) is 0 Å². The Morgan fingerprint density at radius 3 is 2.33 bits per heavy atom. The molecule has 0 amide bonds. The van der Waals surface area contributed by atoms with Crippen LogP contribution < -0.4 is 0 Å². The molecular weight excluding hydrogens is 220 g/mol. The Hall–Kier alpha value is 0.00688. The van der Waals surface area contributed by atoms with Crippen molar-refractivity contribution in [2.75, 3.05) is 5.94 Å². The third kappa shape index (κ3) is 6.23. The van der Waals surface area contributed by atoms with E-state index in [1.54, 1.807) is 11.8 Å². The van der Waals surface area contributed by atoms with Gasteiger partial charge in [-0.1, -0.05) is 39.0 Å². The Kier molecular flexibility index (Phi) is 5.92. The summed E-state index contributed by atoms with van der Waals surface area (Å²) in [5, 5.41) is 2.35.